The number of amides is 1. The Kier molecular flexibility index (Phi) is 3.23. The minimum absolute atomic E-state index is 0.156. The maximum Gasteiger partial charge on any atom is 0.264 e. The zero-order valence-corrected chi connectivity index (χ0v) is 9.56. The highest BCUT2D eigenvalue weighted by atomic mass is 32.1. The van der Waals surface area contributed by atoms with Crippen molar-refractivity contribution in [2.75, 3.05) is 38.5 Å². The zero-order chi connectivity index (χ0) is 10.7. The van der Waals surface area contributed by atoms with Gasteiger partial charge < -0.3 is 15.5 Å². The highest BCUT2D eigenvalue weighted by molar-refractivity contribution is 7.12. The van der Waals surface area contributed by atoms with E-state index in [0.717, 1.165) is 36.7 Å². The van der Waals surface area contributed by atoms with Crippen molar-refractivity contribution < 1.29 is 4.79 Å². The Labute approximate surface area is 93.3 Å². The molecule has 4 nitrogen and oxygen atoms in total. The molecule has 0 atom stereocenters. The van der Waals surface area contributed by atoms with Gasteiger partial charge in [0.15, 0.2) is 0 Å². The van der Waals surface area contributed by atoms with Crippen molar-refractivity contribution in [2.45, 2.75) is 0 Å². The number of carbonyl (C=O) groups is 1. The lowest BCUT2D eigenvalue weighted by atomic mass is 10.3. The molecular weight excluding hydrogens is 210 g/mol. The molecule has 0 spiro atoms. The first-order chi connectivity index (χ1) is 7.31. The fraction of sp³-hybridized carbons (Fsp3) is 0.500. The molecule has 0 saturated carbocycles. The van der Waals surface area contributed by atoms with Crippen LogP contribution in [0.1, 0.15) is 9.67 Å². The summed E-state index contributed by atoms with van der Waals surface area (Å²) < 4.78 is 0. The van der Waals surface area contributed by atoms with E-state index in [9.17, 15) is 4.79 Å². The molecule has 82 valence electrons. The topological polar surface area (TPSA) is 44.4 Å². The molecule has 1 aromatic heterocycles. The fourth-order valence-electron chi connectivity index (χ4n) is 1.60. The van der Waals surface area contributed by atoms with Crippen molar-refractivity contribution in [3.63, 3.8) is 0 Å². The number of thiophene rings is 1. The van der Waals surface area contributed by atoms with Crippen LogP contribution >= 0.6 is 11.3 Å². The monoisotopic (exact) mass is 225 g/mol. The molecular formula is C10H15N3OS. The van der Waals surface area contributed by atoms with Crippen LogP contribution in [0.3, 0.4) is 0 Å². The molecule has 0 aromatic carbocycles. The van der Waals surface area contributed by atoms with Crippen LogP contribution in [0.4, 0.5) is 5.69 Å². The molecule has 1 aromatic rings. The van der Waals surface area contributed by atoms with Gasteiger partial charge in [0.25, 0.3) is 5.91 Å². The standard InChI is InChI=1S/C10H15N3OS/c1-11-8-6-9(15-7-8)10(14)13-4-2-12-3-5-13/h6-7,11-12H,2-5H2,1H3. The third-order valence-electron chi connectivity index (χ3n) is 2.50. The van der Waals surface area contributed by atoms with E-state index >= 15 is 0 Å². The molecule has 0 unspecified atom stereocenters. The number of hydrogen-bond donors (Lipinski definition) is 2. The second-order valence-electron chi connectivity index (χ2n) is 3.49. The Hall–Kier alpha value is -1.07. The van der Waals surface area contributed by atoms with Gasteiger partial charge in [0.1, 0.15) is 0 Å². The Bertz CT molecular complexity index is 344. The molecule has 1 amide bonds. The summed E-state index contributed by atoms with van der Waals surface area (Å²) in [7, 11) is 1.86. The summed E-state index contributed by atoms with van der Waals surface area (Å²) in [5.74, 6) is 0.156. The van der Waals surface area contributed by atoms with E-state index in [1.165, 1.54) is 11.3 Å². The molecule has 0 bridgehead atoms. The van der Waals surface area contributed by atoms with E-state index in [1.54, 1.807) is 0 Å². The van der Waals surface area contributed by atoms with Crippen LogP contribution < -0.4 is 10.6 Å². The predicted octanol–water partition coefficient (Wildman–Crippen LogP) is 0.835. The number of rotatable bonds is 2. The zero-order valence-electron chi connectivity index (χ0n) is 8.75. The second-order valence-corrected chi connectivity index (χ2v) is 4.40. The summed E-state index contributed by atoms with van der Waals surface area (Å²) in [6.45, 7) is 3.42. The lowest BCUT2D eigenvalue weighted by Gasteiger charge is -2.26. The first-order valence-corrected chi connectivity index (χ1v) is 5.95. The van der Waals surface area contributed by atoms with E-state index < -0.39 is 0 Å². The molecule has 2 rings (SSSR count). The SMILES string of the molecule is CNc1csc(C(=O)N2CCNCC2)c1. The summed E-state index contributed by atoms with van der Waals surface area (Å²) in [6, 6.07) is 1.91. The van der Waals surface area contributed by atoms with Crippen LogP contribution in [-0.2, 0) is 0 Å². The van der Waals surface area contributed by atoms with Gasteiger partial charge in [-0.1, -0.05) is 0 Å². The molecule has 15 heavy (non-hydrogen) atoms. The van der Waals surface area contributed by atoms with Gasteiger partial charge >= 0.3 is 0 Å². The van der Waals surface area contributed by atoms with Crippen molar-refractivity contribution in [2.24, 2.45) is 0 Å². The Morgan fingerprint density at radius 1 is 1.53 bits per heavy atom. The largest absolute Gasteiger partial charge is 0.387 e. The van der Waals surface area contributed by atoms with Gasteiger partial charge in [-0.15, -0.1) is 11.3 Å². The van der Waals surface area contributed by atoms with Crippen molar-refractivity contribution in [1.82, 2.24) is 10.2 Å². The Morgan fingerprint density at radius 3 is 2.87 bits per heavy atom. The number of nitrogens with zero attached hydrogens (tertiary/aromatic N) is 1. The van der Waals surface area contributed by atoms with Crippen LogP contribution in [-0.4, -0.2) is 44.0 Å². The van der Waals surface area contributed by atoms with Crippen LogP contribution in [0.2, 0.25) is 0 Å². The van der Waals surface area contributed by atoms with E-state index in [4.69, 9.17) is 0 Å². The molecule has 0 radical (unpaired) electrons. The molecule has 2 N–H and O–H groups in total. The maximum atomic E-state index is 12.0. The molecule has 1 saturated heterocycles. The third kappa shape index (κ3) is 2.30. The molecule has 2 heterocycles. The molecule has 1 fully saturated rings. The smallest absolute Gasteiger partial charge is 0.264 e. The van der Waals surface area contributed by atoms with Crippen molar-refractivity contribution >= 4 is 22.9 Å². The first kappa shape index (κ1) is 10.4. The van der Waals surface area contributed by atoms with Crippen LogP contribution in [0.5, 0.6) is 0 Å². The van der Waals surface area contributed by atoms with Gasteiger partial charge in [-0.3, -0.25) is 4.79 Å². The predicted molar refractivity (Wildman–Crippen MR) is 62.6 cm³/mol. The highest BCUT2D eigenvalue weighted by Crippen LogP contribution is 2.20. The normalized spacial score (nSPS) is 16.5. The van der Waals surface area contributed by atoms with Crippen molar-refractivity contribution in [3.8, 4) is 0 Å². The summed E-state index contributed by atoms with van der Waals surface area (Å²) in [5.41, 5.74) is 1.01. The lowest BCUT2D eigenvalue weighted by molar-refractivity contribution is 0.0741. The third-order valence-corrected chi connectivity index (χ3v) is 3.42. The summed E-state index contributed by atoms with van der Waals surface area (Å²) in [6.07, 6.45) is 0. The minimum Gasteiger partial charge on any atom is -0.387 e. The van der Waals surface area contributed by atoms with Gasteiger partial charge in [0.05, 0.1) is 4.88 Å². The van der Waals surface area contributed by atoms with Gasteiger partial charge in [0.2, 0.25) is 0 Å². The quantitative estimate of drug-likeness (QED) is 0.784. The van der Waals surface area contributed by atoms with Crippen LogP contribution in [0.25, 0.3) is 0 Å². The number of piperazine rings is 1. The number of hydrogen-bond acceptors (Lipinski definition) is 4. The number of carbonyl (C=O) groups excluding carboxylic acids is 1. The van der Waals surface area contributed by atoms with Gasteiger partial charge in [-0.25, -0.2) is 0 Å². The molecule has 1 aliphatic heterocycles. The lowest BCUT2D eigenvalue weighted by Crippen LogP contribution is -2.46. The molecule has 5 heteroatoms. The summed E-state index contributed by atoms with van der Waals surface area (Å²) in [5, 5.41) is 8.23. The molecule has 1 aliphatic rings. The van der Waals surface area contributed by atoms with E-state index in [-0.39, 0.29) is 5.91 Å². The number of nitrogens with one attached hydrogen (secondary N) is 2. The average Bonchev–Trinajstić information content (AvgIpc) is 2.78. The van der Waals surface area contributed by atoms with Crippen molar-refractivity contribution in [1.29, 1.82) is 0 Å². The first-order valence-electron chi connectivity index (χ1n) is 5.07. The Morgan fingerprint density at radius 2 is 2.27 bits per heavy atom. The second kappa shape index (κ2) is 4.63. The highest BCUT2D eigenvalue weighted by Gasteiger charge is 2.19. The summed E-state index contributed by atoms with van der Waals surface area (Å²) in [4.78, 5) is 14.7. The fourth-order valence-corrected chi connectivity index (χ4v) is 2.47. The summed E-state index contributed by atoms with van der Waals surface area (Å²) >= 11 is 1.50. The Balaban J connectivity index is 2.05. The van der Waals surface area contributed by atoms with E-state index in [0.29, 0.717) is 0 Å². The number of anilines is 1. The minimum atomic E-state index is 0.156. The van der Waals surface area contributed by atoms with Gasteiger partial charge in [-0.2, -0.15) is 0 Å². The van der Waals surface area contributed by atoms with Crippen LogP contribution in [0.15, 0.2) is 11.4 Å². The average molecular weight is 225 g/mol. The van der Waals surface area contributed by atoms with Gasteiger partial charge in [-0.05, 0) is 6.07 Å². The van der Waals surface area contributed by atoms with Crippen LogP contribution in [0, 0.1) is 0 Å². The van der Waals surface area contributed by atoms with Gasteiger partial charge in [0, 0.05) is 44.3 Å². The van der Waals surface area contributed by atoms with E-state index in [1.807, 2.05) is 23.4 Å². The van der Waals surface area contributed by atoms with E-state index in [2.05, 4.69) is 10.6 Å². The van der Waals surface area contributed by atoms with Crippen molar-refractivity contribution in [3.05, 3.63) is 16.3 Å². The maximum absolute atomic E-state index is 12.0. The molecule has 0 aliphatic carbocycles.